The standard InChI is InChI=1S/C23H29N5O2S/c1-16(21(29)27(5)18-9-7-6-8-10-18)31-22-26-25-20(28(22)24)15-30-19-13-11-17(12-14-19)23(2,3)4/h6-14,16H,15,24H2,1-5H3. The molecule has 1 amide bonds. The van der Waals surface area contributed by atoms with Gasteiger partial charge in [-0.15, -0.1) is 10.2 Å². The number of thioether (sulfide) groups is 1. The highest BCUT2D eigenvalue weighted by atomic mass is 32.2. The molecule has 1 unspecified atom stereocenters. The summed E-state index contributed by atoms with van der Waals surface area (Å²) in [6.07, 6.45) is 0. The summed E-state index contributed by atoms with van der Waals surface area (Å²) in [5.41, 5.74) is 2.16. The normalized spacial score (nSPS) is 12.4. The number of rotatable bonds is 7. The molecular formula is C23H29N5O2S. The molecule has 0 bridgehead atoms. The van der Waals surface area contributed by atoms with Gasteiger partial charge in [-0.1, -0.05) is 62.9 Å². The average molecular weight is 440 g/mol. The van der Waals surface area contributed by atoms with Crippen LogP contribution in [0.2, 0.25) is 0 Å². The van der Waals surface area contributed by atoms with Crippen molar-refractivity contribution in [3.8, 4) is 5.75 Å². The monoisotopic (exact) mass is 439 g/mol. The zero-order chi connectivity index (χ0) is 22.6. The third-order valence-corrected chi connectivity index (χ3v) is 5.97. The van der Waals surface area contributed by atoms with E-state index >= 15 is 0 Å². The molecule has 3 aromatic rings. The van der Waals surface area contributed by atoms with Crippen molar-refractivity contribution in [1.29, 1.82) is 0 Å². The fraction of sp³-hybridized carbons (Fsp3) is 0.348. The Morgan fingerprint density at radius 3 is 2.39 bits per heavy atom. The van der Waals surface area contributed by atoms with Gasteiger partial charge in [0, 0.05) is 12.7 Å². The van der Waals surface area contributed by atoms with Crippen molar-refractivity contribution in [3.63, 3.8) is 0 Å². The number of anilines is 1. The van der Waals surface area contributed by atoms with Gasteiger partial charge in [-0.05, 0) is 42.2 Å². The molecule has 0 saturated heterocycles. The van der Waals surface area contributed by atoms with Gasteiger partial charge in [0.25, 0.3) is 0 Å². The third-order valence-electron chi connectivity index (χ3n) is 4.93. The van der Waals surface area contributed by atoms with E-state index in [0.29, 0.717) is 11.0 Å². The second kappa shape index (κ2) is 9.43. The molecule has 1 heterocycles. The van der Waals surface area contributed by atoms with Crippen molar-refractivity contribution in [1.82, 2.24) is 14.9 Å². The van der Waals surface area contributed by atoms with E-state index in [1.165, 1.54) is 22.0 Å². The highest BCUT2D eigenvalue weighted by molar-refractivity contribution is 8.00. The van der Waals surface area contributed by atoms with Crippen LogP contribution >= 0.6 is 11.8 Å². The lowest BCUT2D eigenvalue weighted by Gasteiger charge is -2.20. The number of benzene rings is 2. The fourth-order valence-electron chi connectivity index (χ4n) is 2.95. The summed E-state index contributed by atoms with van der Waals surface area (Å²) in [4.78, 5) is 14.4. The molecule has 2 N–H and O–H groups in total. The molecule has 0 aliphatic heterocycles. The summed E-state index contributed by atoms with van der Waals surface area (Å²) < 4.78 is 7.19. The van der Waals surface area contributed by atoms with Crippen LogP contribution < -0.4 is 15.5 Å². The van der Waals surface area contributed by atoms with Gasteiger partial charge in [-0.2, -0.15) is 0 Å². The van der Waals surface area contributed by atoms with E-state index < -0.39 is 0 Å². The molecule has 164 valence electrons. The summed E-state index contributed by atoms with van der Waals surface area (Å²) in [6.45, 7) is 8.52. The van der Waals surface area contributed by atoms with Gasteiger partial charge >= 0.3 is 0 Å². The van der Waals surface area contributed by atoms with E-state index in [9.17, 15) is 4.79 Å². The van der Waals surface area contributed by atoms with Crippen molar-refractivity contribution in [2.24, 2.45) is 0 Å². The van der Waals surface area contributed by atoms with Crippen LogP contribution in [-0.2, 0) is 16.8 Å². The average Bonchev–Trinajstić information content (AvgIpc) is 3.10. The molecule has 0 spiro atoms. The lowest BCUT2D eigenvalue weighted by Crippen LogP contribution is -2.33. The Hall–Kier alpha value is -3.00. The zero-order valence-corrected chi connectivity index (χ0v) is 19.4. The van der Waals surface area contributed by atoms with Gasteiger partial charge in [0.1, 0.15) is 12.4 Å². The number of amides is 1. The molecule has 0 saturated carbocycles. The molecule has 0 aliphatic carbocycles. The molecule has 7 nitrogen and oxygen atoms in total. The van der Waals surface area contributed by atoms with Crippen molar-refractivity contribution in [3.05, 3.63) is 66.0 Å². The largest absolute Gasteiger partial charge is 0.486 e. The van der Waals surface area contributed by atoms with E-state index in [1.807, 2.05) is 49.4 Å². The van der Waals surface area contributed by atoms with E-state index in [-0.39, 0.29) is 23.2 Å². The number of hydrogen-bond donors (Lipinski definition) is 1. The van der Waals surface area contributed by atoms with Crippen LogP contribution in [0.3, 0.4) is 0 Å². The van der Waals surface area contributed by atoms with Crippen LogP contribution in [0.25, 0.3) is 0 Å². The van der Waals surface area contributed by atoms with Crippen molar-refractivity contribution in [2.45, 2.75) is 50.1 Å². The van der Waals surface area contributed by atoms with Crippen LogP contribution in [0.4, 0.5) is 5.69 Å². The first-order valence-corrected chi connectivity index (χ1v) is 11.0. The number of para-hydroxylation sites is 1. The van der Waals surface area contributed by atoms with Crippen LogP contribution in [0.5, 0.6) is 5.75 Å². The van der Waals surface area contributed by atoms with E-state index in [0.717, 1.165) is 11.4 Å². The maximum Gasteiger partial charge on any atom is 0.240 e. The predicted octanol–water partition coefficient (Wildman–Crippen LogP) is 4.01. The molecule has 3 rings (SSSR count). The lowest BCUT2D eigenvalue weighted by molar-refractivity contribution is -0.117. The van der Waals surface area contributed by atoms with Crippen molar-refractivity contribution < 1.29 is 9.53 Å². The second-order valence-electron chi connectivity index (χ2n) is 8.32. The molecule has 1 aromatic heterocycles. The van der Waals surface area contributed by atoms with E-state index in [4.69, 9.17) is 10.6 Å². The van der Waals surface area contributed by atoms with E-state index in [2.05, 4.69) is 43.1 Å². The molecular weight excluding hydrogens is 410 g/mol. The molecule has 0 aliphatic rings. The maximum absolute atomic E-state index is 12.8. The van der Waals surface area contributed by atoms with Crippen LogP contribution in [0, 0.1) is 0 Å². The van der Waals surface area contributed by atoms with Gasteiger partial charge in [-0.3, -0.25) is 4.79 Å². The summed E-state index contributed by atoms with van der Waals surface area (Å²) in [7, 11) is 1.76. The third kappa shape index (κ3) is 5.58. The van der Waals surface area contributed by atoms with Crippen LogP contribution in [0.1, 0.15) is 39.1 Å². The summed E-state index contributed by atoms with van der Waals surface area (Å²) >= 11 is 1.27. The number of carbonyl (C=O) groups is 1. The van der Waals surface area contributed by atoms with Crippen LogP contribution in [-0.4, -0.2) is 33.1 Å². The van der Waals surface area contributed by atoms with E-state index in [1.54, 1.807) is 11.9 Å². The fourth-order valence-corrected chi connectivity index (χ4v) is 3.83. The highest BCUT2D eigenvalue weighted by Gasteiger charge is 2.23. The number of nitrogens with zero attached hydrogens (tertiary/aromatic N) is 4. The first kappa shape index (κ1) is 22.7. The Kier molecular flexibility index (Phi) is 6.90. The number of hydrogen-bond acceptors (Lipinski definition) is 6. The Labute approximate surface area is 187 Å². The first-order chi connectivity index (χ1) is 14.7. The number of ether oxygens (including phenoxy) is 1. The van der Waals surface area contributed by atoms with Gasteiger partial charge in [0.15, 0.2) is 5.82 Å². The predicted molar refractivity (Wildman–Crippen MR) is 125 cm³/mol. The smallest absolute Gasteiger partial charge is 0.240 e. The quantitative estimate of drug-likeness (QED) is 0.442. The molecule has 31 heavy (non-hydrogen) atoms. The minimum atomic E-state index is -0.379. The minimum Gasteiger partial charge on any atom is -0.486 e. The number of carbonyl (C=O) groups excluding carboxylic acids is 1. The number of nitrogens with two attached hydrogens (primary N) is 1. The molecule has 1 atom stereocenters. The minimum absolute atomic E-state index is 0.0454. The van der Waals surface area contributed by atoms with Crippen LogP contribution in [0.15, 0.2) is 59.8 Å². The Bertz CT molecular complexity index is 1010. The summed E-state index contributed by atoms with van der Waals surface area (Å²) in [5, 5.41) is 8.33. The Morgan fingerprint density at radius 1 is 1.13 bits per heavy atom. The topological polar surface area (TPSA) is 86.3 Å². The van der Waals surface area contributed by atoms with Crippen molar-refractivity contribution >= 4 is 23.4 Å². The summed E-state index contributed by atoms with van der Waals surface area (Å²) in [6, 6.07) is 17.5. The highest BCUT2D eigenvalue weighted by Crippen LogP contribution is 2.26. The van der Waals surface area contributed by atoms with Gasteiger partial charge < -0.3 is 15.5 Å². The molecule has 0 fully saturated rings. The zero-order valence-electron chi connectivity index (χ0n) is 18.6. The van der Waals surface area contributed by atoms with Gasteiger partial charge in [-0.25, -0.2) is 4.68 Å². The SMILES string of the molecule is CC(Sc1nnc(COc2ccc(C(C)(C)C)cc2)n1N)C(=O)N(C)c1ccccc1. The lowest BCUT2D eigenvalue weighted by atomic mass is 9.87. The van der Waals surface area contributed by atoms with Gasteiger partial charge in [0.2, 0.25) is 11.1 Å². The Balaban J connectivity index is 1.60. The molecule has 0 radical (unpaired) electrons. The number of aromatic nitrogens is 3. The molecule has 2 aromatic carbocycles. The molecule has 8 heteroatoms. The van der Waals surface area contributed by atoms with Crippen molar-refractivity contribution in [2.75, 3.05) is 17.8 Å². The first-order valence-electron chi connectivity index (χ1n) is 10.1. The van der Waals surface area contributed by atoms with Gasteiger partial charge in [0.05, 0.1) is 5.25 Å². The summed E-state index contributed by atoms with van der Waals surface area (Å²) in [5.74, 6) is 7.32. The maximum atomic E-state index is 12.8. The second-order valence-corrected chi connectivity index (χ2v) is 9.63. The number of nitrogen functional groups attached to an aromatic ring is 1. The Morgan fingerprint density at radius 2 is 1.77 bits per heavy atom.